The molecule has 126 valence electrons. The van der Waals surface area contributed by atoms with Crippen LogP contribution in [0.25, 0.3) is 0 Å². The van der Waals surface area contributed by atoms with Gasteiger partial charge in [-0.15, -0.1) is 11.3 Å². The van der Waals surface area contributed by atoms with E-state index >= 15 is 0 Å². The van der Waals surface area contributed by atoms with Gasteiger partial charge in [-0.2, -0.15) is 0 Å². The third-order valence-electron chi connectivity index (χ3n) is 4.97. The molecule has 0 radical (unpaired) electrons. The predicted octanol–water partition coefficient (Wildman–Crippen LogP) is 1.55. The average Bonchev–Trinajstić information content (AvgIpc) is 3.16. The normalized spacial score (nSPS) is 24.7. The lowest BCUT2D eigenvalue weighted by molar-refractivity contribution is -0.146. The summed E-state index contributed by atoms with van der Waals surface area (Å²) in [7, 11) is 1.65. The van der Waals surface area contributed by atoms with Crippen LogP contribution < -0.4 is 0 Å². The first-order valence-corrected chi connectivity index (χ1v) is 8.93. The van der Waals surface area contributed by atoms with E-state index in [1.165, 1.54) is 11.3 Å². The second-order valence-electron chi connectivity index (χ2n) is 6.41. The van der Waals surface area contributed by atoms with E-state index in [-0.39, 0.29) is 17.2 Å². The summed E-state index contributed by atoms with van der Waals surface area (Å²) in [4.78, 5) is 34.2. The number of piperidine rings is 1. The summed E-state index contributed by atoms with van der Waals surface area (Å²) in [6.07, 6.45) is 2.64. The van der Waals surface area contributed by atoms with Crippen molar-refractivity contribution in [1.29, 1.82) is 0 Å². The van der Waals surface area contributed by atoms with Gasteiger partial charge in [0, 0.05) is 33.3 Å². The fraction of sp³-hybridized carbons (Fsp3) is 0.688. The number of aromatic nitrogens is 1. The molecule has 2 fully saturated rings. The maximum absolute atomic E-state index is 12.9. The SMILES string of the molecule is COCCN1CCCC2(CCN(C(=O)c3scnc3C)C2)C1=O. The topological polar surface area (TPSA) is 62.7 Å². The predicted molar refractivity (Wildman–Crippen MR) is 87.5 cm³/mol. The van der Waals surface area contributed by atoms with Crippen molar-refractivity contribution in [2.24, 2.45) is 5.41 Å². The molecule has 1 aromatic heterocycles. The summed E-state index contributed by atoms with van der Waals surface area (Å²) in [5, 5.41) is 0. The standard InChI is InChI=1S/C16H23N3O3S/c1-12-13(23-11-17-12)14(20)19-7-5-16(10-19)4-3-6-18(15(16)21)8-9-22-2/h11H,3-10H2,1-2H3. The zero-order chi connectivity index (χ0) is 16.4. The van der Waals surface area contributed by atoms with E-state index in [4.69, 9.17) is 4.74 Å². The Balaban J connectivity index is 1.71. The molecule has 0 aliphatic carbocycles. The third-order valence-corrected chi connectivity index (χ3v) is 5.89. The highest BCUT2D eigenvalue weighted by atomic mass is 32.1. The molecule has 1 atom stereocenters. The van der Waals surface area contributed by atoms with Crippen molar-refractivity contribution in [2.75, 3.05) is 39.9 Å². The third kappa shape index (κ3) is 2.99. The molecule has 6 nitrogen and oxygen atoms in total. The van der Waals surface area contributed by atoms with Crippen molar-refractivity contribution >= 4 is 23.2 Å². The number of ether oxygens (including phenoxy) is 1. The Morgan fingerprint density at radius 2 is 2.26 bits per heavy atom. The Kier molecular flexibility index (Phi) is 4.68. The van der Waals surface area contributed by atoms with Crippen molar-refractivity contribution in [2.45, 2.75) is 26.2 Å². The molecule has 1 spiro atoms. The van der Waals surface area contributed by atoms with Gasteiger partial charge in [-0.05, 0) is 26.2 Å². The lowest BCUT2D eigenvalue weighted by atomic mass is 9.78. The lowest BCUT2D eigenvalue weighted by Gasteiger charge is -2.39. The van der Waals surface area contributed by atoms with Crippen LogP contribution in [-0.4, -0.2) is 66.5 Å². The van der Waals surface area contributed by atoms with Gasteiger partial charge in [0.1, 0.15) is 4.88 Å². The Labute approximate surface area is 140 Å². The van der Waals surface area contributed by atoms with Crippen LogP contribution in [0.5, 0.6) is 0 Å². The Hall–Kier alpha value is -1.47. The van der Waals surface area contributed by atoms with Crippen LogP contribution in [0, 0.1) is 12.3 Å². The molecule has 0 bridgehead atoms. The largest absolute Gasteiger partial charge is 0.383 e. The highest BCUT2D eigenvalue weighted by Gasteiger charge is 2.49. The van der Waals surface area contributed by atoms with Crippen molar-refractivity contribution in [3.05, 3.63) is 16.1 Å². The lowest BCUT2D eigenvalue weighted by Crippen LogP contribution is -2.51. The van der Waals surface area contributed by atoms with Crippen LogP contribution in [0.2, 0.25) is 0 Å². The van der Waals surface area contributed by atoms with Gasteiger partial charge in [0.15, 0.2) is 0 Å². The van der Waals surface area contributed by atoms with E-state index in [1.54, 1.807) is 12.6 Å². The molecule has 1 aromatic rings. The molecule has 2 amide bonds. The Bertz CT molecular complexity index is 603. The second kappa shape index (κ2) is 6.57. The first-order valence-electron chi connectivity index (χ1n) is 8.05. The minimum absolute atomic E-state index is 0.0173. The minimum atomic E-state index is -0.389. The fourth-order valence-corrected chi connectivity index (χ4v) is 4.41. The second-order valence-corrected chi connectivity index (χ2v) is 7.27. The summed E-state index contributed by atoms with van der Waals surface area (Å²) < 4.78 is 5.10. The van der Waals surface area contributed by atoms with Gasteiger partial charge in [0.2, 0.25) is 5.91 Å². The van der Waals surface area contributed by atoms with Crippen LogP contribution in [0.4, 0.5) is 0 Å². The van der Waals surface area contributed by atoms with Gasteiger partial charge in [0.05, 0.1) is 23.2 Å². The molecular formula is C16H23N3O3S. The summed E-state index contributed by atoms with van der Waals surface area (Å²) in [6, 6.07) is 0. The maximum atomic E-state index is 12.9. The average molecular weight is 337 g/mol. The van der Waals surface area contributed by atoms with Gasteiger partial charge < -0.3 is 14.5 Å². The maximum Gasteiger partial charge on any atom is 0.265 e. The molecule has 2 saturated heterocycles. The van der Waals surface area contributed by atoms with Crippen LogP contribution in [0.1, 0.15) is 34.6 Å². The quantitative estimate of drug-likeness (QED) is 0.836. The summed E-state index contributed by atoms with van der Waals surface area (Å²) >= 11 is 1.38. The zero-order valence-corrected chi connectivity index (χ0v) is 14.5. The highest BCUT2D eigenvalue weighted by molar-refractivity contribution is 7.11. The van der Waals surface area contributed by atoms with E-state index in [1.807, 2.05) is 16.7 Å². The molecule has 2 aliphatic heterocycles. The smallest absolute Gasteiger partial charge is 0.265 e. The summed E-state index contributed by atoms with van der Waals surface area (Å²) in [6.45, 7) is 5.04. The van der Waals surface area contributed by atoms with Gasteiger partial charge in [-0.3, -0.25) is 9.59 Å². The molecule has 3 heterocycles. The van der Waals surface area contributed by atoms with Crippen LogP contribution in [-0.2, 0) is 9.53 Å². The minimum Gasteiger partial charge on any atom is -0.383 e. The number of nitrogens with zero attached hydrogens (tertiary/aromatic N) is 3. The number of hydrogen-bond donors (Lipinski definition) is 0. The number of likely N-dealkylation sites (tertiary alicyclic amines) is 2. The van der Waals surface area contributed by atoms with Crippen molar-refractivity contribution in [3.63, 3.8) is 0 Å². The van der Waals surface area contributed by atoms with Crippen molar-refractivity contribution < 1.29 is 14.3 Å². The first kappa shape index (κ1) is 16.4. The molecule has 23 heavy (non-hydrogen) atoms. The van der Waals surface area contributed by atoms with Crippen molar-refractivity contribution in [1.82, 2.24) is 14.8 Å². The van der Waals surface area contributed by atoms with E-state index < -0.39 is 0 Å². The van der Waals surface area contributed by atoms with E-state index in [9.17, 15) is 9.59 Å². The summed E-state index contributed by atoms with van der Waals surface area (Å²) in [5.74, 6) is 0.209. The van der Waals surface area contributed by atoms with E-state index in [0.29, 0.717) is 31.1 Å². The summed E-state index contributed by atoms with van der Waals surface area (Å²) in [5.41, 5.74) is 2.09. The van der Waals surface area contributed by atoms with Crippen LogP contribution in [0.15, 0.2) is 5.51 Å². The Morgan fingerprint density at radius 1 is 1.43 bits per heavy atom. The van der Waals surface area contributed by atoms with Gasteiger partial charge >= 0.3 is 0 Å². The van der Waals surface area contributed by atoms with Crippen LogP contribution >= 0.6 is 11.3 Å². The van der Waals surface area contributed by atoms with Crippen molar-refractivity contribution in [3.8, 4) is 0 Å². The Morgan fingerprint density at radius 3 is 2.96 bits per heavy atom. The molecule has 0 aromatic carbocycles. The fourth-order valence-electron chi connectivity index (χ4n) is 3.64. The van der Waals surface area contributed by atoms with Gasteiger partial charge in [-0.1, -0.05) is 0 Å². The number of rotatable bonds is 4. The molecule has 7 heteroatoms. The molecule has 0 saturated carbocycles. The number of methoxy groups -OCH3 is 1. The van der Waals surface area contributed by atoms with Gasteiger partial charge in [0.25, 0.3) is 5.91 Å². The molecular weight excluding hydrogens is 314 g/mol. The van der Waals surface area contributed by atoms with Crippen LogP contribution in [0.3, 0.4) is 0 Å². The number of hydrogen-bond acceptors (Lipinski definition) is 5. The van der Waals surface area contributed by atoms with Gasteiger partial charge in [-0.25, -0.2) is 4.98 Å². The first-order chi connectivity index (χ1) is 11.1. The number of carbonyl (C=O) groups is 2. The van der Waals surface area contributed by atoms with E-state index in [2.05, 4.69) is 4.98 Å². The number of aryl methyl sites for hydroxylation is 1. The number of amides is 2. The number of thiazole rings is 1. The molecule has 0 N–H and O–H groups in total. The molecule has 3 rings (SSSR count). The number of carbonyl (C=O) groups excluding carboxylic acids is 2. The highest BCUT2D eigenvalue weighted by Crippen LogP contribution is 2.40. The molecule has 2 aliphatic rings. The van der Waals surface area contributed by atoms with E-state index in [0.717, 1.165) is 31.5 Å². The monoisotopic (exact) mass is 337 g/mol. The molecule has 1 unspecified atom stereocenters. The zero-order valence-electron chi connectivity index (χ0n) is 13.7.